The number of hydrogen-bond acceptors (Lipinski definition) is 2. The Labute approximate surface area is 96.6 Å². The molecule has 2 heteroatoms. The first-order valence-electron chi connectivity index (χ1n) is 5.42. The van der Waals surface area contributed by atoms with Crippen molar-refractivity contribution in [1.82, 2.24) is 4.98 Å². The normalized spacial score (nSPS) is 10.1. The van der Waals surface area contributed by atoms with Gasteiger partial charge in [0.1, 0.15) is 0 Å². The zero-order valence-electron chi connectivity index (χ0n) is 9.72. The molecule has 2 nitrogen and oxygen atoms in total. The van der Waals surface area contributed by atoms with Crippen LogP contribution in [0.15, 0.2) is 48.7 Å². The summed E-state index contributed by atoms with van der Waals surface area (Å²) in [5.74, 6) is 0. The third kappa shape index (κ3) is 2.60. The van der Waals surface area contributed by atoms with Gasteiger partial charge in [0.2, 0.25) is 0 Å². The maximum absolute atomic E-state index is 4.39. The van der Waals surface area contributed by atoms with Crippen molar-refractivity contribution in [2.45, 2.75) is 6.42 Å². The van der Waals surface area contributed by atoms with Crippen LogP contribution in [-0.2, 0) is 6.42 Å². The third-order valence-electron chi connectivity index (χ3n) is 2.54. The van der Waals surface area contributed by atoms with Crippen molar-refractivity contribution < 1.29 is 0 Å². The molecule has 82 valence electrons. The summed E-state index contributed by atoms with van der Waals surface area (Å²) in [5, 5.41) is 0. The molecule has 0 radical (unpaired) electrons. The molecule has 0 fully saturated rings. The van der Waals surface area contributed by atoms with Crippen LogP contribution in [0, 0.1) is 0 Å². The highest BCUT2D eigenvalue weighted by atomic mass is 15.1. The summed E-state index contributed by atoms with van der Waals surface area (Å²) in [6.07, 6.45) is 2.76. The summed E-state index contributed by atoms with van der Waals surface area (Å²) in [6, 6.07) is 14.6. The van der Waals surface area contributed by atoms with Crippen LogP contribution in [0.25, 0.3) is 0 Å². The minimum absolute atomic E-state index is 0.891. The van der Waals surface area contributed by atoms with Crippen molar-refractivity contribution in [3.63, 3.8) is 0 Å². The molecule has 1 heterocycles. The molecule has 2 aromatic rings. The molecule has 0 aliphatic carbocycles. The molecule has 0 amide bonds. The Kier molecular flexibility index (Phi) is 3.20. The Morgan fingerprint density at radius 3 is 2.50 bits per heavy atom. The van der Waals surface area contributed by atoms with E-state index in [1.165, 1.54) is 11.3 Å². The molecule has 0 saturated carbocycles. The van der Waals surface area contributed by atoms with Gasteiger partial charge < -0.3 is 4.90 Å². The van der Waals surface area contributed by atoms with Crippen LogP contribution in [0.2, 0.25) is 0 Å². The van der Waals surface area contributed by atoms with E-state index in [0.717, 1.165) is 12.1 Å². The Balaban J connectivity index is 2.19. The number of benzene rings is 1. The molecule has 0 unspecified atom stereocenters. The van der Waals surface area contributed by atoms with Crippen molar-refractivity contribution in [1.29, 1.82) is 0 Å². The van der Waals surface area contributed by atoms with Crippen molar-refractivity contribution in [2.75, 3.05) is 19.0 Å². The number of aromatic nitrogens is 1. The lowest BCUT2D eigenvalue weighted by Gasteiger charge is -2.12. The Morgan fingerprint density at radius 1 is 1.06 bits per heavy atom. The molecular formula is C14H16N2. The lowest BCUT2D eigenvalue weighted by molar-refractivity contribution is 1.05. The van der Waals surface area contributed by atoms with Crippen LogP contribution in [0.5, 0.6) is 0 Å². The largest absolute Gasteiger partial charge is 0.378 e. The second-order valence-corrected chi connectivity index (χ2v) is 4.06. The van der Waals surface area contributed by atoms with E-state index in [9.17, 15) is 0 Å². The fraction of sp³-hybridized carbons (Fsp3) is 0.214. The van der Waals surface area contributed by atoms with E-state index in [2.05, 4.69) is 40.2 Å². The SMILES string of the molecule is CN(C)c1ccnc(Cc2ccccc2)c1. The van der Waals surface area contributed by atoms with Gasteiger partial charge in [0.15, 0.2) is 0 Å². The summed E-state index contributed by atoms with van der Waals surface area (Å²) in [7, 11) is 4.09. The van der Waals surface area contributed by atoms with Crippen LogP contribution in [-0.4, -0.2) is 19.1 Å². The van der Waals surface area contributed by atoms with E-state index in [4.69, 9.17) is 0 Å². The predicted molar refractivity (Wildman–Crippen MR) is 67.8 cm³/mol. The molecule has 1 aromatic heterocycles. The summed E-state index contributed by atoms with van der Waals surface area (Å²) in [4.78, 5) is 6.48. The van der Waals surface area contributed by atoms with E-state index in [0.29, 0.717) is 0 Å². The number of rotatable bonds is 3. The molecule has 0 aliphatic rings. The van der Waals surface area contributed by atoms with Crippen LogP contribution in [0.1, 0.15) is 11.3 Å². The van der Waals surface area contributed by atoms with E-state index >= 15 is 0 Å². The van der Waals surface area contributed by atoms with Gasteiger partial charge in [-0.15, -0.1) is 0 Å². The molecule has 16 heavy (non-hydrogen) atoms. The second kappa shape index (κ2) is 4.79. The van der Waals surface area contributed by atoms with Gasteiger partial charge in [-0.05, 0) is 17.7 Å². The predicted octanol–water partition coefficient (Wildman–Crippen LogP) is 2.74. The fourth-order valence-corrected chi connectivity index (χ4v) is 1.65. The van der Waals surface area contributed by atoms with Gasteiger partial charge in [0.25, 0.3) is 0 Å². The molecule has 0 bridgehead atoms. The van der Waals surface area contributed by atoms with Crippen LogP contribution in [0.3, 0.4) is 0 Å². The minimum Gasteiger partial charge on any atom is -0.378 e. The number of nitrogens with zero attached hydrogens (tertiary/aromatic N) is 2. The van der Waals surface area contributed by atoms with Gasteiger partial charge >= 0.3 is 0 Å². The fourth-order valence-electron chi connectivity index (χ4n) is 1.65. The Morgan fingerprint density at radius 2 is 1.81 bits per heavy atom. The van der Waals surface area contributed by atoms with Gasteiger partial charge in [0.05, 0.1) is 0 Å². The monoisotopic (exact) mass is 212 g/mol. The molecule has 0 aliphatic heterocycles. The van der Waals surface area contributed by atoms with Crippen LogP contribution < -0.4 is 4.90 Å². The summed E-state index contributed by atoms with van der Waals surface area (Å²) in [5.41, 5.74) is 3.60. The number of hydrogen-bond donors (Lipinski definition) is 0. The molecule has 0 saturated heterocycles. The highest BCUT2D eigenvalue weighted by Gasteiger charge is 2.00. The highest BCUT2D eigenvalue weighted by Crippen LogP contribution is 2.14. The first kappa shape index (κ1) is 10.7. The molecular weight excluding hydrogens is 196 g/mol. The summed E-state index contributed by atoms with van der Waals surface area (Å²) in [6.45, 7) is 0. The van der Waals surface area contributed by atoms with Crippen molar-refractivity contribution in [2.24, 2.45) is 0 Å². The van der Waals surface area contributed by atoms with Crippen molar-refractivity contribution in [3.8, 4) is 0 Å². The van der Waals surface area contributed by atoms with Crippen LogP contribution >= 0.6 is 0 Å². The second-order valence-electron chi connectivity index (χ2n) is 4.06. The van der Waals surface area contributed by atoms with E-state index in [1.54, 1.807) is 0 Å². The molecule has 2 rings (SSSR count). The highest BCUT2D eigenvalue weighted by molar-refractivity contribution is 5.45. The zero-order valence-corrected chi connectivity index (χ0v) is 9.72. The lowest BCUT2D eigenvalue weighted by Crippen LogP contribution is -2.09. The van der Waals surface area contributed by atoms with E-state index in [-0.39, 0.29) is 0 Å². The number of anilines is 1. The average Bonchev–Trinajstić information content (AvgIpc) is 2.30. The number of pyridine rings is 1. The standard InChI is InChI=1S/C14H16N2/c1-16(2)14-8-9-15-13(11-14)10-12-6-4-3-5-7-12/h3-9,11H,10H2,1-2H3. The maximum atomic E-state index is 4.39. The average molecular weight is 212 g/mol. The van der Waals surface area contributed by atoms with Gasteiger partial charge in [-0.25, -0.2) is 0 Å². The van der Waals surface area contributed by atoms with Crippen molar-refractivity contribution in [3.05, 3.63) is 59.9 Å². The zero-order chi connectivity index (χ0) is 11.4. The Hall–Kier alpha value is -1.83. The topological polar surface area (TPSA) is 16.1 Å². The maximum Gasteiger partial charge on any atom is 0.0468 e. The summed E-state index contributed by atoms with van der Waals surface area (Å²) < 4.78 is 0. The molecule has 0 N–H and O–H groups in total. The quantitative estimate of drug-likeness (QED) is 0.777. The van der Waals surface area contributed by atoms with Crippen molar-refractivity contribution >= 4 is 5.69 Å². The van der Waals surface area contributed by atoms with Gasteiger partial charge in [-0.2, -0.15) is 0 Å². The van der Waals surface area contributed by atoms with Gasteiger partial charge in [0, 0.05) is 38.1 Å². The Bertz CT molecular complexity index is 449. The molecule has 1 aromatic carbocycles. The van der Waals surface area contributed by atoms with E-state index in [1.807, 2.05) is 32.4 Å². The summed E-state index contributed by atoms with van der Waals surface area (Å²) >= 11 is 0. The van der Waals surface area contributed by atoms with Gasteiger partial charge in [-0.1, -0.05) is 30.3 Å². The first-order chi connectivity index (χ1) is 7.75. The lowest BCUT2D eigenvalue weighted by atomic mass is 10.1. The molecule has 0 spiro atoms. The first-order valence-corrected chi connectivity index (χ1v) is 5.42. The van der Waals surface area contributed by atoms with E-state index < -0.39 is 0 Å². The molecule has 0 atom stereocenters. The third-order valence-corrected chi connectivity index (χ3v) is 2.54. The minimum atomic E-state index is 0.891. The van der Waals surface area contributed by atoms with Crippen LogP contribution in [0.4, 0.5) is 5.69 Å². The van der Waals surface area contributed by atoms with Gasteiger partial charge in [-0.3, -0.25) is 4.98 Å². The smallest absolute Gasteiger partial charge is 0.0468 e.